The molecule has 0 spiro atoms. The van der Waals surface area contributed by atoms with Gasteiger partial charge in [0.1, 0.15) is 12.4 Å². The maximum absolute atomic E-state index is 10.6. The standard InChI is InChI=1S/C12H13Cl2N3O2/c13-6-12-16-9-5-8(14)1-2-10(9)17(12)3-4-19-7-11(15)18/h1-2,5H,3-4,6-7H2,(H2,15,18). The molecule has 0 atom stereocenters. The summed E-state index contributed by atoms with van der Waals surface area (Å²) in [5, 5.41) is 0.628. The molecule has 0 saturated carbocycles. The summed E-state index contributed by atoms with van der Waals surface area (Å²) in [5.74, 6) is 0.545. The maximum Gasteiger partial charge on any atom is 0.243 e. The second-order valence-electron chi connectivity index (χ2n) is 3.97. The number of nitrogens with zero attached hydrogens (tertiary/aromatic N) is 2. The number of halogens is 2. The number of rotatable bonds is 6. The van der Waals surface area contributed by atoms with Gasteiger partial charge in [-0.15, -0.1) is 11.6 Å². The fourth-order valence-corrected chi connectivity index (χ4v) is 2.20. The molecule has 0 fully saturated rings. The summed E-state index contributed by atoms with van der Waals surface area (Å²) >= 11 is 11.8. The average Bonchev–Trinajstić information content (AvgIpc) is 2.71. The first-order chi connectivity index (χ1) is 9.11. The van der Waals surface area contributed by atoms with Gasteiger partial charge in [-0.1, -0.05) is 11.6 Å². The summed E-state index contributed by atoms with van der Waals surface area (Å²) in [6, 6.07) is 5.47. The number of primary amides is 1. The Morgan fingerprint density at radius 3 is 2.95 bits per heavy atom. The lowest BCUT2D eigenvalue weighted by Crippen LogP contribution is -2.20. The molecular formula is C12H13Cl2N3O2. The predicted molar refractivity (Wildman–Crippen MR) is 74.3 cm³/mol. The number of carbonyl (C=O) groups is 1. The number of aromatic nitrogens is 2. The molecule has 0 unspecified atom stereocenters. The molecule has 1 aromatic heterocycles. The van der Waals surface area contributed by atoms with Crippen LogP contribution in [-0.4, -0.2) is 28.7 Å². The van der Waals surface area contributed by atoms with Crippen LogP contribution >= 0.6 is 23.2 Å². The smallest absolute Gasteiger partial charge is 0.243 e. The SMILES string of the molecule is NC(=O)COCCn1c(CCl)nc2cc(Cl)ccc21. The van der Waals surface area contributed by atoms with Gasteiger partial charge >= 0.3 is 0 Å². The molecular weight excluding hydrogens is 289 g/mol. The van der Waals surface area contributed by atoms with Gasteiger partial charge in [0, 0.05) is 11.6 Å². The fourth-order valence-electron chi connectivity index (χ4n) is 1.83. The number of nitrogens with two attached hydrogens (primary N) is 1. The van der Waals surface area contributed by atoms with Crippen molar-refractivity contribution in [3.8, 4) is 0 Å². The van der Waals surface area contributed by atoms with Crippen LogP contribution in [0.25, 0.3) is 11.0 Å². The molecule has 1 heterocycles. The molecule has 1 aromatic carbocycles. The normalized spacial score (nSPS) is 11.1. The molecule has 2 N–H and O–H groups in total. The van der Waals surface area contributed by atoms with Gasteiger partial charge in [0.25, 0.3) is 0 Å². The first-order valence-corrected chi connectivity index (χ1v) is 6.59. The largest absolute Gasteiger partial charge is 0.370 e. The van der Waals surface area contributed by atoms with Crippen molar-refractivity contribution in [1.82, 2.24) is 9.55 Å². The number of hydrogen-bond donors (Lipinski definition) is 1. The number of imidazole rings is 1. The highest BCUT2D eigenvalue weighted by molar-refractivity contribution is 6.31. The van der Waals surface area contributed by atoms with Crippen LogP contribution < -0.4 is 5.73 Å². The first-order valence-electron chi connectivity index (χ1n) is 5.68. The quantitative estimate of drug-likeness (QED) is 0.655. The van der Waals surface area contributed by atoms with E-state index in [4.69, 9.17) is 33.7 Å². The van der Waals surface area contributed by atoms with Crippen molar-refractivity contribution < 1.29 is 9.53 Å². The molecule has 102 valence electrons. The van der Waals surface area contributed by atoms with E-state index in [9.17, 15) is 4.79 Å². The van der Waals surface area contributed by atoms with E-state index in [-0.39, 0.29) is 6.61 Å². The number of alkyl halides is 1. The van der Waals surface area contributed by atoms with E-state index >= 15 is 0 Å². The van der Waals surface area contributed by atoms with Crippen LogP contribution in [0.2, 0.25) is 5.02 Å². The molecule has 0 aliphatic carbocycles. The Morgan fingerprint density at radius 1 is 1.47 bits per heavy atom. The third kappa shape index (κ3) is 3.37. The molecule has 0 saturated heterocycles. The monoisotopic (exact) mass is 301 g/mol. The molecule has 19 heavy (non-hydrogen) atoms. The van der Waals surface area contributed by atoms with Crippen molar-refractivity contribution in [2.75, 3.05) is 13.2 Å². The van der Waals surface area contributed by atoms with Crippen molar-refractivity contribution in [1.29, 1.82) is 0 Å². The van der Waals surface area contributed by atoms with Gasteiger partial charge in [-0.05, 0) is 18.2 Å². The van der Waals surface area contributed by atoms with Crippen LogP contribution in [0.5, 0.6) is 0 Å². The van der Waals surface area contributed by atoms with Crippen LogP contribution in [0.15, 0.2) is 18.2 Å². The topological polar surface area (TPSA) is 70.1 Å². The molecule has 0 radical (unpaired) electrons. The molecule has 2 aromatic rings. The van der Waals surface area contributed by atoms with Crippen molar-refractivity contribution in [2.24, 2.45) is 5.73 Å². The fraction of sp³-hybridized carbons (Fsp3) is 0.333. The van der Waals surface area contributed by atoms with Crippen molar-refractivity contribution in [2.45, 2.75) is 12.4 Å². The highest BCUT2D eigenvalue weighted by atomic mass is 35.5. The minimum absolute atomic E-state index is 0.0886. The minimum Gasteiger partial charge on any atom is -0.370 e. The Bertz CT molecular complexity index is 598. The molecule has 5 nitrogen and oxygen atoms in total. The highest BCUT2D eigenvalue weighted by Crippen LogP contribution is 2.21. The number of hydrogen-bond acceptors (Lipinski definition) is 3. The summed E-state index contributed by atoms with van der Waals surface area (Å²) in [6.45, 7) is 0.822. The molecule has 1 amide bonds. The van der Waals surface area contributed by atoms with E-state index in [0.29, 0.717) is 24.1 Å². The number of carbonyl (C=O) groups excluding carboxylic acids is 1. The lowest BCUT2D eigenvalue weighted by molar-refractivity contribution is -0.122. The second-order valence-corrected chi connectivity index (χ2v) is 4.67. The van der Waals surface area contributed by atoms with Crippen LogP contribution in [0.1, 0.15) is 5.82 Å². The zero-order valence-corrected chi connectivity index (χ0v) is 11.6. The lowest BCUT2D eigenvalue weighted by atomic mass is 10.3. The van der Waals surface area contributed by atoms with E-state index in [1.165, 1.54) is 0 Å². The minimum atomic E-state index is -0.486. The Hall–Kier alpha value is -1.30. The maximum atomic E-state index is 10.6. The average molecular weight is 302 g/mol. The van der Waals surface area contributed by atoms with Gasteiger partial charge < -0.3 is 15.0 Å². The van der Waals surface area contributed by atoms with E-state index in [2.05, 4.69) is 4.98 Å². The summed E-state index contributed by atoms with van der Waals surface area (Å²) in [7, 11) is 0. The Morgan fingerprint density at radius 2 is 2.26 bits per heavy atom. The predicted octanol–water partition coefficient (Wildman–Crippen LogP) is 1.93. The van der Waals surface area contributed by atoms with Gasteiger partial charge in [0.2, 0.25) is 5.91 Å². The Balaban J connectivity index is 2.18. The zero-order valence-electron chi connectivity index (χ0n) is 10.1. The number of fused-ring (bicyclic) bond motifs is 1. The van der Waals surface area contributed by atoms with Gasteiger partial charge in [-0.25, -0.2) is 4.98 Å². The van der Waals surface area contributed by atoms with E-state index in [1.54, 1.807) is 12.1 Å². The highest BCUT2D eigenvalue weighted by Gasteiger charge is 2.10. The van der Waals surface area contributed by atoms with Gasteiger partial charge in [0.15, 0.2) is 0 Å². The van der Waals surface area contributed by atoms with Crippen LogP contribution in [0, 0.1) is 0 Å². The third-order valence-corrected chi connectivity index (χ3v) is 3.09. The van der Waals surface area contributed by atoms with Gasteiger partial charge in [-0.3, -0.25) is 4.79 Å². The van der Waals surface area contributed by atoms with Crippen molar-refractivity contribution in [3.05, 3.63) is 29.0 Å². The van der Waals surface area contributed by atoms with Crippen LogP contribution in [0.4, 0.5) is 0 Å². The van der Waals surface area contributed by atoms with E-state index < -0.39 is 5.91 Å². The lowest BCUT2D eigenvalue weighted by Gasteiger charge is -2.07. The Kier molecular flexibility index (Phi) is 4.63. The zero-order chi connectivity index (χ0) is 13.8. The first kappa shape index (κ1) is 14.1. The van der Waals surface area contributed by atoms with E-state index in [1.807, 2.05) is 10.6 Å². The number of amides is 1. The van der Waals surface area contributed by atoms with Gasteiger partial charge in [0.05, 0.1) is 23.5 Å². The summed E-state index contributed by atoms with van der Waals surface area (Å²) in [6.07, 6.45) is 0. The Labute approximate surface area is 120 Å². The summed E-state index contributed by atoms with van der Waals surface area (Å²) in [5.41, 5.74) is 6.72. The van der Waals surface area contributed by atoms with Crippen LogP contribution in [-0.2, 0) is 22.0 Å². The molecule has 7 heteroatoms. The molecule has 0 aliphatic heterocycles. The van der Waals surface area contributed by atoms with Gasteiger partial charge in [-0.2, -0.15) is 0 Å². The third-order valence-electron chi connectivity index (χ3n) is 2.61. The number of ether oxygens (including phenoxy) is 1. The second kappa shape index (κ2) is 6.23. The van der Waals surface area contributed by atoms with E-state index in [0.717, 1.165) is 16.9 Å². The molecule has 2 rings (SSSR count). The van der Waals surface area contributed by atoms with Crippen LogP contribution in [0.3, 0.4) is 0 Å². The molecule has 0 aliphatic rings. The summed E-state index contributed by atoms with van der Waals surface area (Å²) in [4.78, 5) is 15.0. The summed E-state index contributed by atoms with van der Waals surface area (Å²) < 4.78 is 7.09. The number of benzene rings is 1. The molecule has 0 bridgehead atoms. The van der Waals surface area contributed by atoms with Crippen molar-refractivity contribution in [3.63, 3.8) is 0 Å². The van der Waals surface area contributed by atoms with Crippen molar-refractivity contribution >= 4 is 40.1 Å².